The number of esters is 4. The number of fused-ring (bicyclic) bond motifs is 1. The molecule has 3 rings (SSSR count). The summed E-state index contributed by atoms with van der Waals surface area (Å²) < 4.78 is 38.4. The maximum absolute atomic E-state index is 12.0. The zero-order chi connectivity index (χ0) is 28.0. The molecule has 1 saturated heterocycles. The fourth-order valence-electron chi connectivity index (χ4n) is 4.03. The summed E-state index contributed by atoms with van der Waals surface area (Å²) in [6.45, 7) is 7.84. The topological polar surface area (TPSA) is 154 Å². The average Bonchev–Trinajstić information content (AvgIpc) is 2.80. The third-order valence-electron chi connectivity index (χ3n) is 5.37. The molecule has 0 radical (unpaired) electrons. The van der Waals surface area contributed by atoms with E-state index in [1.54, 1.807) is 18.2 Å². The predicted molar refractivity (Wildman–Crippen MR) is 129 cm³/mol. The Morgan fingerprint density at radius 2 is 1.53 bits per heavy atom. The largest absolute Gasteiger partial charge is 0.463 e. The molecule has 1 fully saturated rings. The van der Waals surface area contributed by atoms with Crippen LogP contribution < -0.4 is 10.4 Å². The molecule has 2 heterocycles. The Kier molecular flexibility index (Phi) is 9.24. The van der Waals surface area contributed by atoms with Crippen molar-refractivity contribution in [2.24, 2.45) is 0 Å². The van der Waals surface area contributed by atoms with Gasteiger partial charge in [-0.1, -0.05) is 6.08 Å². The van der Waals surface area contributed by atoms with Crippen molar-refractivity contribution in [3.63, 3.8) is 0 Å². The maximum atomic E-state index is 12.0. The molecular weight excluding hydrogens is 504 g/mol. The third kappa shape index (κ3) is 7.19. The summed E-state index contributed by atoms with van der Waals surface area (Å²) in [5, 5.41) is 0.651. The lowest BCUT2D eigenvalue weighted by molar-refractivity contribution is -0.288. The molecule has 1 aliphatic heterocycles. The van der Waals surface area contributed by atoms with Crippen LogP contribution in [0.2, 0.25) is 0 Å². The Hall–Kier alpha value is -4.19. The summed E-state index contributed by atoms with van der Waals surface area (Å²) in [6.07, 6.45) is -4.59. The molecular formula is C26H28O12. The Balaban J connectivity index is 2.03. The first kappa shape index (κ1) is 28.4. The normalized spacial score (nSPS) is 22.7. The first-order chi connectivity index (χ1) is 18.0. The Bertz CT molecular complexity index is 1280. The standard InChI is InChI=1S/C26H28O12/c1-6-7-17-10-22(31)37-20-11-18(8-9-19(17)20)36-26-25(35-16(5)30)24(34-15(4)29)23(33-14(3)28)21(38-26)12-32-13(2)27/h6,8-11,21,23-26H,1,7,12H2,2-5H3/t21-,23+,24-,25+,26+/m0/s1. The Morgan fingerprint density at radius 3 is 2.13 bits per heavy atom. The molecule has 1 aromatic carbocycles. The van der Waals surface area contributed by atoms with Crippen LogP contribution in [0.4, 0.5) is 0 Å². The van der Waals surface area contributed by atoms with Crippen LogP contribution in [0.1, 0.15) is 33.3 Å². The minimum absolute atomic E-state index is 0.150. The van der Waals surface area contributed by atoms with Crippen LogP contribution in [0, 0.1) is 0 Å². The van der Waals surface area contributed by atoms with Gasteiger partial charge in [-0.15, -0.1) is 6.58 Å². The lowest BCUT2D eigenvalue weighted by atomic mass is 9.98. The van der Waals surface area contributed by atoms with E-state index in [-0.39, 0.29) is 11.3 Å². The number of rotatable bonds is 9. The minimum atomic E-state index is -1.42. The second-order valence-corrected chi connectivity index (χ2v) is 8.43. The van der Waals surface area contributed by atoms with Crippen molar-refractivity contribution in [2.45, 2.75) is 64.8 Å². The number of hydrogen-bond acceptors (Lipinski definition) is 12. The lowest BCUT2D eigenvalue weighted by Gasteiger charge is -2.43. The van der Waals surface area contributed by atoms with Crippen LogP contribution in [0.15, 0.2) is 46.1 Å². The zero-order valence-corrected chi connectivity index (χ0v) is 21.3. The van der Waals surface area contributed by atoms with Crippen molar-refractivity contribution in [1.29, 1.82) is 0 Å². The number of allylic oxidation sites excluding steroid dienone is 1. The molecule has 0 saturated carbocycles. The van der Waals surface area contributed by atoms with E-state index in [2.05, 4.69) is 6.58 Å². The Labute approximate surface area is 217 Å². The average molecular weight is 532 g/mol. The molecule has 0 N–H and O–H groups in total. The Morgan fingerprint density at radius 1 is 0.895 bits per heavy atom. The van der Waals surface area contributed by atoms with Crippen molar-refractivity contribution in [2.75, 3.05) is 6.61 Å². The van der Waals surface area contributed by atoms with Crippen LogP contribution >= 0.6 is 0 Å². The first-order valence-corrected chi connectivity index (χ1v) is 11.6. The highest BCUT2D eigenvalue weighted by molar-refractivity contribution is 5.81. The van der Waals surface area contributed by atoms with E-state index in [0.29, 0.717) is 17.4 Å². The fraction of sp³-hybridized carbons (Fsp3) is 0.423. The van der Waals surface area contributed by atoms with Crippen LogP contribution in [0.3, 0.4) is 0 Å². The highest BCUT2D eigenvalue weighted by Gasteiger charge is 2.53. The van der Waals surface area contributed by atoms with Crippen molar-refractivity contribution in [1.82, 2.24) is 0 Å². The number of carbonyl (C=O) groups is 4. The summed E-state index contributed by atoms with van der Waals surface area (Å²) in [7, 11) is 0. The van der Waals surface area contributed by atoms with Gasteiger partial charge in [-0.3, -0.25) is 19.2 Å². The van der Waals surface area contributed by atoms with E-state index in [1.807, 2.05) is 0 Å². The van der Waals surface area contributed by atoms with Crippen LogP contribution in [-0.4, -0.2) is 61.2 Å². The van der Waals surface area contributed by atoms with Crippen molar-refractivity contribution in [3.05, 3.63) is 52.9 Å². The zero-order valence-electron chi connectivity index (χ0n) is 21.3. The second kappa shape index (κ2) is 12.4. The van der Waals surface area contributed by atoms with Gasteiger partial charge in [0.25, 0.3) is 0 Å². The molecule has 0 amide bonds. The van der Waals surface area contributed by atoms with E-state index >= 15 is 0 Å². The molecule has 12 nitrogen and oxygen atoms in total. The van der Waals surface area contributed by atoms with Gasteiger partial charge < -0.3 is 32.8 Å². The van der Waals surface area contributed by atoms with Gasteiger partial charge in [0.2, 0.25) is 12.4 Å². The number of benzene rings is 1. The number of carbonyl (C=O) groups excluding carboxylic acids is 4. The SMILES string of the molecule is C=CCc1cc(=O)oc2cc(O[C@@H]3O[C@@H](COC(C)=O)[C@@H](OC(C)=O)[C@H](OC(C)=O)[C@H]3OC(C)=O)ccc12. The summed E-state index contributed by atoms with van der Waals surface area (Å²) in [5.41, 5.74) is 0.348. The monoisotopic (exact) mass is 532 g/mol. The molecule has 0 unspecified atom stereocenters. The molecule has 1 aromatic heterocycles. The molecule has 0 bridgehead atoms. The van der Waals surface area contributed by atoms with Gasteiger partial charge in [-0.25, -0.2) is 4.79 Å². The first-order valence-electron chi connectivity index (χ1n) is 11.6. The maximum Gasteiger partial charge on any atom is 0.336 e. The summed E-state index contributed by atoms with van der Waals surface area (Å²) in [4.78, 5) is 59.3. The van der Waals surface area contributed by atoms with Gasteiger partial charge in [-0.05, 0) is 24.1 Å². The van der Waals surface area contributed by atoms with Crippen LogP contribution in [0.5, 0.6) is 5.75 Å². The van der Waals surface area contributed by atoms with Gasteiger partial charge in [0.15, 0.2) is 12.2 Å². The van der Waals surface area contributed by atoms with Crippen LogP contribution in [-0.2, 0) is 49.3 Å². The van der Waals surface area contributed by atoms with Gasteiger partial charge in [0, 0.05) is 45.2 Å². The quantitative estimate of drug-likeness (QED) is 0.201. The van der Waals surface area contributed by atoms with Crippen molar-refractivity contribution in [3.8, 4) is 5.75 Å². The molecule has 0 aliphatic carbocycles. The van der Waals surface area contributed by atoms with E-state index in [0.717, 1.165) is 20.8 Å². The van der Waals surface area contributed by atoms with E-state index < -0.39 is 66.8 Å². The molecule has 204 valence electrons. The number of ether oxygens (including phenoxy) is 6. The van der Waals surface area contributed by atoms with Gasteiger partial charge >= 0.3 is 29.5 Å². The van der Waals surface area contributed by atoms with E-state index in [4.69, 9.17) is 32.8 Å². The lowest BCUT2D eigenvalue weighted by Crippen LogP contribution is -2.63. The summed E-state index contributed by atoms with van der Waals surface area (Å²) in [5.74, 6) is -2.76. The molecule has 2 aromatic rings. The summed E-state index contributed by atoms with van der Waals surface area (Å²) in [6, 6.07) is 6.04. The molecule has 5 atom stereocenters. The summed E-state index contributed by atoms with van der Waals surface area (Å²) >= 11 is 0. The van der Waals surface area contributed by atoms with E-state index in [1.165, 1.54) is 19.1 Å². The number of hydrogen-bond donors (Lipinski definition) is 0. The van der Waals surface area contributed by atoms with Crippen molar-refractivity contribution < 1.29 is 52.0 Å². The molecule has 12 heteroatoms. The van der Waals surface area contributed by atoms with Gasteiger partial charge in [-0.2, -0.15) is 0 Å². The third-order valence-corrected chi connectivity index (χ3v) is 5.37. The molecule has 0 spiro atoms. The minimum Gasteiger partial charge on any atom is -0.463 e. The molecule has 38 heavy (non-hydrogen) atoms. The van der Waals surface area contributed by atoms with Gasteiger partial charge in [0.05, 0.1) is 0 Å². The van der Waals surface area contributed by atoms with Crippen molar-refractivity contribution >= 4 is 34.8 Å². The second-order valence-electron chi connectivity index (χ2n) is 8.43. The van der Waals surface area contributed by atoms with E-state index in [9.17, 15) is 24.0 Å². The smallest absolute Gasteiger partial charge is 0.336 e. The predicted octanol–water partition coefficient (Wildman–Crippen LogP) is 1.98. The van der Waals surface area contributed by atoms with Crippen LogP contribution in [0.25, 0.3) is 11.0 Å². The fourth-order valence-corrected chi connectivity index (χ4v) is 4.03. The highest BCUT2D eigenvalue weighted by atomic mass is 16.7. The molecule has 1 aliphatic rings. The van der Waals surface area contributed by atoms with Gasteiger partial charge in [0.1, 0.15) is 24.0 Å². The highest BCUT2D eigenvalue weighted by Crippen LogP contribution is 2.32.